The van der Waals surface area contributed by atoms with Crippen LogP contribution in [0.2, 0.25) is 5.02 Å². The van der Waals surface area contributed by atoms with Gasteiger partial charge in [0.25, 0.3) is 0 Å². The van der Waals surface area contributed by atoms with E-state index in [4.69, 9.17) is 25.8 Å². The van der Waals surface area contributed by atoms with E-state index < -0.39 is 23.9 Å². The summed E-state index contributed by atoms with van der Waals surface area (Å²) in [6, 6.07) is 5.51. The van der Waals surface area contributed by atoms with Gasteiger partial charge in [-0.05, 0) is 57.9 Å². The number of aromatic nitrogens is 3. The SMILES string of the molecule is C=CCn1c(SCC(=O)Nc2sc(C(=O)OCC)c(C)c2C(=O)OCC)nnc1C(C)Oc1cc(C)ccc1Cl. The number of allylic oxidation sites excluding steroid dienone is 1. The fraction of sp³-hybridized carbons (Fsp3) is 0.370. The van der Waals surface area contributed by atoms with Gasteiger partial charge in [0, 0.05) is 6.54 Å². The Balaban J connectivity index is 1.77. The molecule has 1 aromatic carbocycles. The summed E-state index contributed by atoms with van der Waals surface area (Å²) < 4.78 is 18.1. The van der Waals surface area contributed by atoms with Gasteiger partial charge in [-0.2, -0.15) is 0 Å². The van der Waals surface area contributed by atoms with E-state index in [1.54, 1.807) is 37.5 Å². The number of benzene rings is 1. The highest BCUT2D eigenvalue weighted by molar-refractivity contribution is 7.99. The lowest BCUT2D eigenvalue weighted by atomic mass is 10.1. The number of rotatable bonds is 13. The van der Waals surface area contributed by atoms with Crippen molar-refractivity contribution >= 4 is 57.5 Å². The lowest BCUT2D eigenvalue weighted by molar-refractivity contribution is -0.113. The van der Waals surface area contributed by atoms with E-state index in [-0.39, 0.29) is 34.4 Å². The maximum absolute atomic E-state index is 12.9. The van der Waals surface area contributed by atoms with Crippen molar-refractivity contribution in [1.29, 1.82) is 0 Å². The molecule has 0 fully saturated rings. The molecule has 1 N–H and O–H groups in total. The number of hydrogen-bond acceptors (Lipinski definition) is 10. The Morgan fingerprint density at radius 2 is 1.88 bits per heavy atom. The second-order valence-electron chi connectivity index (χ2n) is 8.47. The van der Waals surface area contributed by atoms with Crippen molar-refractivity contribution in [1.82, 2.24) is 14.8 Å². The molecule has 214 valence electrons. The topological polar surface area (TPSA) is 122 Å². The number of nitrogens with one attached hydrogen (secondary N) is 1. The van der Waals surface area contributed by atoms with Gasteiger partial charge in [0.1, 0.15) is 15.6 Å². The first kappa shape index (κ1) is 31.2. The molecule has 0 aliphatic heterocycles. The molecule has 13 heteroatoms. The van der Waals surface area contributed by atoms with Crippen molar-refractivity contribution in [2.75, 3.05) is 24.3 Å². The molecule has 1 atom stereocenters. The number of halogens is 1. The first-order valence-electron chi connectivity index (χ1n) is 12.5. The molecule has 2 aromatic heterocycles. The van der Waals surface area contributed by atoms with Crippen molar-refractivity contribution < 1.29 is 28.6 Å². The number of anilines is 1. The normalized spacial score (nSPS) is 11.6. The van der Waals surface area contributed by atoms with Crippen molar-refractivity contribution in [3.8, 4) is 5.75 Å². The minimum absolute atomic E-state index is 0.0395. The Bertz CT molecular complexity index is 1400. The highest BCUT2D eigenvalue weighted by atomic mass is 35.5. The minimum atomic E-state index is -0.632. The molecule has 0 spiro atoms. The summed E-state index contributed by atoms with van der Waals surface area (Å²) in [5, 5.41) is 12.5. The van der Waals surface area contributed by atoms with Gasteiger partial charge in [0.2, 0.25) is 5.91 Å². The zero-order valence-corrected chi connectivity index (χ0v) is 25.3. The van der Waals surface area contributed by atoms with Crippen molar-refractivity contribution in [3.05, 3.63) is 63.3 Å². The third-order valence-corrected chi connectivity index (χ3v) is 7.95. The smallest absolute Gasteiger partial charge is 0.348 e. The fourth-order valence-corrected chi connectivity index (χ4v) is 5.71. The van der Waals surface area contributed by atoms with Crippen molar-refractivity contribution in [2.45, 2.75) is 52.4 Å². The van der Waals surface area contributed by atoms with Crippen LogP contribution in [0.5, 0.6) is 5.75 Å². The van der Waals surface area contributed by atoms with Crippen LogP contribution >= 0.6 is 34.7 Å². The van der Waals surface area contributed by atoms with Crippen LogP contribution in [-0.4, -0.2) is 51.6 Å². The molecule has 1 amide bonds. The van der Waals surface area contributed by atoms with E-state index in [0.29, 0.717) is 33.9 Å². The standard InChI is InChI=1S/C27H31ClN4O6S2/c1-7-12-32-23(17(6)38-19-13-15(4)10-11-18(19)28)30-31-27(32)39-14-20(33)29-24-21(25(34)36-8-2)16(5)22(40-24)26(35)37-9-3/h7,10-11,13,17H,1,8-9,12,14H2,2-6H3,(H,29,33). The van der Waals surface area contributed by atoms with Gasteiger partial charge < -0.3 is 19.5 Å². The predicted molar refractivity (Wildman–Crippen MR) is 156 cm³/mol. The molecule has 1 unspecified atom stereocenters. The average Bonchev–Trinajstić information content (AvgIpc) is 3.45. The molecule has 0 bridgehead atoms. The van der Waals surface area contributed by atoms with Gasteiger partial charge in [0.15, 0.2) is 17.1 Å². The lowest BCUT2D eigenvalue weighted by Crippen LogP contribution is -2.17. The molecule has 0 radical (unpaired) electrons. The van der Waals surface area contributed by atoms with Crippen LogP contribution in [0.3, 0.4) is 0 Å². The second kappa shape index (κ2) is 14.3. The quantitative estimate of drug-likeness (QED) is 0.141. The molecule has 3 rings (SSSR count). The molecule has 0 saturated heterocycles. The van der Waals surface area contributed by atoms with Gasteiger partial charge in [-0.25, -0.2) is 9.59 Å². The number of carbonyl (C=O) groups is 3. The Kier molecular flexibility index (Phi) is 11.2. The summed E-state index contributed by atoms with van der Waals surface area (Å²) in [6.07, 6.45) is 1.21. The van der Waals surface area contributed by atoms with Crippen LogP contribution in [-0.2, 0) is 20.8 Å². The maximum atomic E-state index is 12.9. The fourth-order valence-electron chi connectivity index (χ4n) is 3.69. The van der Waals surface area contributed by atoms with Crippen LogP contribution in [0.15, 0.2) is 36.0 Å². The monoisotopic (exact) mass is 606 g/mol. The summed E-state index contributed by atoms with van der Waals surface area (Å²) >= 11 is 8.42. The van der Waals surface area contributed by atoms with Gasteiger partial charge in [-0.3, -0.25) is 9.36 Å². The number of hydrogen-bond donors (Lipinski definition) is 1. The second-order valence-corrected chi connectivity index (χ2v) is 10.8. The van der Waals surface area contributed by atoms with E-state index in [2.05, 4.69) is 22.1 Å². The summed E-state index contributed by atoms with van der Waals surface area (Å²) in [7, 11) is 0. The van der Waals surface area contributed by atoms with Gasteiger partial charge in [-0.15, -0.1) is 28.1 Å². The number of esters is 2. The molecule has 3 aromatic rings. The molecular weight excluding hydrogens is 576 g/mol. The number of amides is 1. The molecular formula is C27H31ClN4O6S2. The van der Waals surface area contributed by atoms with E-state index in [1.165, 1.54) is 0 Å². The van der Waals surface area contributed by atoms with Crippen LogP contribution in [0.25, 0.3) is 0 Å². The first-order valence-corrected chi connectivity index (χ1v) is 14.7. The molecule has 2 heterocycles. The van der Waals surface area contributed by atoms with E-state index in [0.717, 1.165) is 28.7 Å². The molecule has 0 aliphatic rings. The number of ether oxygens (including phenoxy) is 3. The third kappa shape index (κ3) is 7.43. The maximum Gasteiger partial charge on any atom is 0.348 e. The van der Waals surface area contributed by atoms with Crippen molar-refractivity contribution in [2.24, 2.45) is 0 Å². The molecule has 10 nitrogen and oxygen atoms in total. The van der Waals surface area contributed by atoms with Gasteiger partial charge in [0.05, 0.1) is 29.6 Å². The Hall–Kier alpha value is -3.35. The first-order chi connectivity index (χ1) is 19.1. The molecule has 0 saturated carbocycles. The van der Waals surface area contributed by atoms with E-state index in [1.807, 2.05) is 26.0 Å². The highest BCUT2D eigenvalue weighted by Gasteiger charge is 2.28. The van der Waals surface area contributed by atoms with E-state index in [9.17, 15) is 14.4 Å². The van der Waals surface area contributed by atoms with Crippen LogP contribution in [0, 0.1) is 13.8 Å². The van der Waals surface area contributed by atoms with E-state index >= 15 is 0 Å². The molecule has 40 heavy (non-hydrogen) atoms. The largest absolute Gasteiger partial charge is 0.481 e. The Morgan fingerprint density at radius 1 is 1.18 bits per heavy atom. The third-order valence-electron chi connectivity index (χ3n) is 5.48. The number of thiophene rings is 1. The Labute approximate surface area is 246 Å². The van der Waals surface area contributed by atoms with Crippen LogP contribution in [0.1, 0.15) is 63.9 Å². The Morgan fingerprint density at radius 3 is 2.55 bits per heavy atom. The number of nitrogens with zero attached hydrogens (tertiary/aromatic N) is 3. The van der Waals surface area contributed by atoms with Crippen LogP contribution in [0.4, 0.5) is 5.00 Å². The zero-order chi connectivity index (χ0) is 29.4. The number of carbonyl (C=O) groups excluding carboxylic acids is 3. The van der Waals surface area contributed by atoms with Gasteiger partial charge in [-0.1, -0.05) is 35.5 Å². The average molecular weight is 607 g/mol. The molecule has 0 aliphatic carbocycles. The minimum Gasteiger partial charge on any atom is -0.481 e. The summed E-state index contributed by atoms with van der Waals surface area (Å²) in [5.41, 5.74) is 1.52. The summed E-state index contributed by atoms with van der Waals surface area (Å²) in [4.78, 5) is 38.2. The number of thioether (sulfide) groups is 1. The van der Waals surface area contributed by atoms with Gasteiger partial charge >= 0.3 is 11.9 Å². The number of aryl methyl sites for hydroxylation is 1. The predicted octanol–water partition coefficient (Wildman–Crippen LogP) is 6.02. The van der Waals surface area contributed by atoms with Crippen LogP contribution < -0.4 is 10.1 Å². The highest BCUT2D eigenvalue weighted by Crippen LogP contribution is 2.35. The summed E-state index contributed by atoms with van der Waals surface area (Å²) in [6.45, 7) is 13.3. The zero-order valence-electron chi connectivity index (χ0n) is 22.9. The lowest BCUT2D eigenvalue weighted by Gasteiger charge is -2.17. The summed E-state index contributed by atoms with van der Waals surface area (Å²) in [5.74, 6) is -0.577. The van der Waals surface area contributed by atoms with Crippen molar-refractivity contribution in [3.63, 3.8) is 0 Å².